The maximum atomic E-state index is 12.2. The van der Waals surface area contributed by atoms with Crippen molar-refractivity contribution in [3.8, 4) is 0 Å². The monoisotopic (exact) mass is 287 g/mol. The molecule has 1 saturated heterocycles. The third kappa shape index (κ3) is 3.07. The van der Waals surface area contributed by atoms with Crippen LogP contribution in [0.2, 0.25) is 0 Å². The van der Waals surface area contributed by atoms with Gasteiger partial charge in [0.05, 0.1) is 6.04 Å². The first-order valence-electron chi connectivity index (χ1n) is 7.10. The molecule has 5 nitrogen and oxygen atoms in total. The topological polar surface area (TPSA) is 55.8 Å². The average Bonchev–Trinajstić information content (AvgIpc) is 3.14. The number of carbonyl (C=O) groups is 2. The maximum Gasteiger partial charge on any atom is 0.410 e. The van der Waals surface area contributed by atoms with Crippen LogP contribution in [0.1, 0.15) is 18.4 Å². The van der Waals surface area contributed by atoms with E-state index in [1.165, 1.54) is 6.08 Å². The van der Waals surface area contributed by atoms with E-state index in [0.29, 0.717) is 6.54 Å². The Labute approximate surface area is 123 Å². The van der Waals surface area contributed by atoms with E-state index >= 15 is 0 Å². The van der Waals surface area contributed by atoms with Crippen LogP contribution in [0, 0.1) is 0 Å². The predicted octanol–water partition coefficient (Wildman–Crippen LogP) is 2.27. The zero-order valence-corrected chi connectivity index (χ0v) is 11.6. The molecule has 0 N–H and O–H groups in total. The zero-order chi connectivity index (χ0) is 14.7. The van der Waals surface area contributed by atoms with Crippen LogP contribution < -0.4 is 0 Å². The molecule has 0 spiro atoms. The standard InChI is InChI=1S/C16H17NO4/c18-15-9-8-14(21-15)13-7-4-10-17(13)16(19)20-11-12-5-2-1-3-6-12/h1-3,5-6,8-9,13-14H,4,7,10-11H2. The fourth-order valence-corrected chi connectivity index (χ4v) is 2.76. The van der Waals surface area contributed by atoms with Gasteiger partial charge in [0.1, 0.15) is 12.7 Å². The van der Waals surface area contributed by atoms with Crippen LogP contribution in [-0.4, -0.2) is 35.7 Å². The second-order valence-electron chi connectivity index (χ2n) is 5.20. The minimum absolute atomic E-state index is 0.115. The molecule has 21 heavy (non-hydrogen) atoms. The van der Waals surface area contributed by atoms with E-state index in [-0.39, 0.29) is 30.8 Å². The highest BCUT2D eigenvalue weighted by Gasteiger charge is 2.38. The quantitative estimate of drug-likeness (QED) is 0.800. The Hall–Kier alpha value is -2.30. The van der Waals surface area contributed by atoms with E-state index in [9.17, 15) is 9.59 Å². The third-order valence-corrected chi connectivity index (χ3v) is 3.79. The molecule has 1 aromatic carbocycles. The van der Waals surface area contributed by atoms with Crippen molar-refractivity contribution in [1.82, 2.24) is 4.90 Å². The Morgan fingerprint density at radius 2 is 2.14 bits per heavy atom. The second kappa shape index (κ2) is 5.99. The maximum absolute atomic E-state index is 12.2. The average molecular weight is 287 g/mol. The van der Waals surface area contributed by atoms with Crippen molar-refractivity contribution in [3.63, 3.8) is 0 Å². The van der Waals surface area contributed by atoms with Gasteiger partial charge in [-0.2, -0.15) is 0 Å². The first-order valence-corrected chi connectivity index (χ1v) is 7.10. The van der Waals surface area contributed by atoms with Crippen LogP contribution in [0.15, 0.2) is 42.5 Å². The second-order valence-corrected chi connectivity index (χ2v) is 5.20. The van der Waals surface area contributed by atoms with E-state index in [1.807, 2.05) is 30.3 Å². The molecule has 2 aliphatic rings. The largest absolute Gasteiger partial charge is 0.453 e. The van der Waals surface area contributed by atoms with Crippen LogP contribution in [0.4, 0.5) is 4.79 Å². The highest BCUT2D eigenvalue weighted by Crippen LogP contribution is 2.26. The number of likely N-dealkylation sites (tertiary alicyclic amines) is 1. The van der Waals surface area contributed by atoms with Crippen molar-refractivity contribution in [2.45, 2.75) is 31.6 Å². The molecule has 2 heterocycles. The molecule has 5 heteroatoms. The molecule has 0 aromatic heterocycles. The zero-order valence-electron chi connectivity index (χ0n) is 11.6. The molecule has 2 aliphatic heterocycles. The van der Waals surface area contributed by atoms with Gasteiger partial charge in [-0.3, -0.25) is 0 Å². The van der Waals surface area contributed by atoms with Crippen LogP contribution in [0.25, 0.3) is 0 Å². The van der Waals surface area contributed by atoms with Gasteiger partial charge < -0.3 is 14.4 Å². The van der Waals surface area contributed by atoms with E-state index in [0.717, 1.165) is 18.4 Å². The molecule has 1 aromatic rings. The number of rotatable bonds is 3. The van der Waals surface area contributed by atoms with Gasteiger partial charge in [-0.25, -0.2) is 9.59 Å². The van der Waals surface area contributed by atoms with E-state index in [4.69, 9.17) is 9.47 Å². The summed E-state index contributed by atoms with van der Waals surface area (Å²) in [4.78, 5) is 25.0. The Kier molecular flexibility index (Phi) is 3.90. The molecule has 0 radical (unpaired) electrons. The molecule has 110 valence electrons. The van der Waals surface area contributed by atoms with Crippen molar-refractivity contribution in [3.05, 3.63) is 48.0 Å². The Morgan fingerprint density at radius 3 is 2.86 bits per heavy atom. The first-order chi connectivity index (χ1) is 10.2. The normalized spacial score (nSPS) is 24.2. The van der Waals surface area contributed by atoms with Gasteiger partial charge in [-0.15, -0.1) is 0 Å². The lowest BCUT2D eigenvalue weighted by atomic mass is 10.1. The number of cyclic esters (lactones) is 1. The molecule has 1 amide bonds. The Bertz CT molecular complexity index is 555. The Morgan fingerprint density at radius 1 is 1.33 bits per heavy atom. The molecule has 0 bridgehead atoms. The van der Waals surface area contributed by atoms with Gasteiger partial charge in [0.15, 0.2) is 0 Å². The van der Waals surface area contributed by atoms with E-state index in [2.05, 4.69) is 0 Å². The lowest BCUT2D eigenvalue weighted by molar-refractivity contribution is -0.140. The van der Waals surface area contributed by atoms with Crippen LogP contribution in [0.5, 0.6) is 0 Å². The number of benzene rings is 1. The van der Waals surface area contributed by atoms with Crippen molar-refractivity contribution in [1.29, 1.82) is 0 Å². The van der Waals surface area contributed by atoms with Gasteiger partial charge in [0.25, 0.3) is 0 Å². The van der Waals surface area contributed by atoms with Gasteiger partial charge in [0.2, 0.25) is 0 Å². The summed E-state index contributed by atoms with van der Waals surface area (Å²) in [6.07, 6.45) is 4.16. The summed E-state index contributed by atoms with van der Waals surface area (Å²) in [5, 5.41) is 0. The van der Waals surface area contributed by atoms with Crippen molar-refractivity contribution < 1.29 is 19.1 Å². The number of nitrogens with zero attached hydrogens (tertiary/aromatic N) is 1. The van der Waals surface area contributed by atoms with Gasteiger partial charge in [-0.05, 0) is 24.5 Å². The summed E-state index contributed by atoms with van der Waals surface area (Å²) in [5.74, 6) is -0.343. The summed E-state index contributed by atoms with van der Waals surface area (Å²) >= 11 is 0. The smallest absolute Gasteiger partial charge is 0.410 e. The number of hydrogen-bond acceptors (Lipinski definition) is 4. The fourth-order valence-electron chi connectivity index (χ4n) is 2.76. The molecular formula is C16H17NO4. The van der Waals surface area contributed by atoms with E-state index in [1.54, 1.807) is 11.0 Å². The van der Waals surface area contributed by atoms with Crippen molar-refractivity contribution in [2.75, 3.05) is 6.54 Å². The SMILES string of the molecule is O=C1C=CC(C2CCCN2C(=O)OCc2ccccc2)O1. The molecular weight excluding hydrogens is 270 g/mol. The lowest BCUT2D eigenvalue weighted by Gasteiger charge is -2.27. The number of esters is 1. The Balaban J connectivity index is 1.58. The summed E-state index contributed by atoms with van der Waals surface area (Å²) < 4.78 is 10.5. The summed E-state index contributed by atoms with van der Waals surface area (Å²) in [6, 6.07) is 9.44. The van der Waals surface area contributed by atoms with Crippen molar-refractivity contribution in [2.24, 2.45) is 0 Å². The summed E-state index contributed by atoms with van der Waals surface area (Å²) in [5.41, 5.74) is 0.953. The third-order valence-electron chi connectivity index (χ3n) is 3.79. The molecule has 0 aliphatic carbocycles. The minimum atomic E-state index is -0.349. The lowest BCUT2D eigenvalue weighted by Crippen LogP contribution is -2.42. The van der Waals surface area contributed by atoms with Crippen LogP contribution >= 0.6 is 0 Å². The molecule has 2 atom stereocenters. The van der Waals surface area contributed by atoms with Crippen LogP contribution in [-0.2, 0) is 20.9 Å². The van der Waals surface area contributed by atoms with Gasteiger partial charge in [-0.1, -0.05) is 30.3 Å². The molecule has 2 unspecified atom stereocenters. The summed E-state index contributed by atoms with van der Waals surface area (Å²) in [7, 11) is 0. The highest BCUT2D eigenvalue weighted by molar-refractivity contribution is 5.84. The van der Waals surface area contributed by atoms with Crippen LogP contribution in [0.3, 0.4) is 0 Å². The summed E-state index contributed by atoms with van der Waals surface area (Å²) in [6.45, 7) is 0.892. The fraction of sp³-hybridized carbons (Fsp3) is 0.375. The van der Waals surface area contributed by atoms with Gasteiger partial charge >= 0.3 is 12.1 Å². The number of amides is 1. The number of carbonyl (C=O) groups excluding carboxylic acids is 2. The van der Waals surface area contributed by atoms with E-state index < -0.39 is 0 Å². The minimum Gasteiger partial charge on any atom is -0.453 e. The van der Waals surface area contributed by atoms with Gasteiger partial charge in [0, 0.05) is 12.6 Å². The predicted molar refractivity (Wildman–Crippen MR) is 75.4 cm³/mol. The van der Waals surface area contributed by atoms with Crippen molar-refractivity contribution >= 4 is 12.1 Å². The first kappa shape index (κ1) is 13.7. The highest BCUT2D eigenvalue weighted by atomic mass is 16.6. The molecule has 1 fully saturated rings. The number of ether oxygens (including phenoxy) is 2. The molecule has 0 saturated carbocycles. The number of hydrogen-bond donors (Lipinski definition) is 0. The molecule has 3 rings (SSSR count).